The van der Waals surface area contributed by atoms with Crippen LogP contribution in [-0.4, -0.2) is 22.2 Å². The summed E-state index contributed by atoms with van der Waals surface area (Å²) in [5.74, 6) is 0.0305. The number of hydrogen-bond acceptors (Lipinski definition) is 2. The summed E-state index contributed by atoms with van der Waals surface area (Å²) in [7, 11) is 0. The number of rotatable bonds is 5. The van der Waals surface area contributed by atoms with Crippen LogP contribution >= 0.6 is 0 Å². The number of hydrogen-bond donors (Lipinski definition) is 1. The number of carbonyl (C=O) groups is 1. The smallest absolute Gasteiger partial charge is 0.241 e. The van der Waals surface area contributed by atoms with Gasteiger partial charge in [0.2, 0.25) is 5.91 Å². The summed E-state index contributed by atoms with van der Waals surface area (Å²) in [5.41, 5.74) is 3.69. The fourth-order valence-electron chi connectivity index (χ4n) is 2.99. The molecule has 4 nitrogen and oxygen atoms in total. The highest BCUT2D eigenvalue weighted by atomic mass is 16.2. The molecule has 1 amide bonds. The average Bonchev–Trinajstić information content (AvgIpc) is 2.90. The molecule has 0 spiro atoms. The van der Waals surface area contributed by atoms with Gasteiger partial charge >= 0.3 is 0 Å². The molecule has 1 aliphatic rings. The Hall–Kier alpha value is -2.10. The van der Waals surface area contributed by atoms with Gasteiger partial charge in [-0.25, -0.2) is 0 Å². The summed E-state index contributed by atoms with van der Waals surface area (Å²) in [6, 6.07) is 6.18. The Morgan fingerprint density at radius 1 is 1.36 bits per heavy atom. The topological polar surface area (TPSA) is 46.9 Å². The van der Waals surface area contributed by atoms with Gasteiger partial charge in [-0.3, -0.25) is 9.48 Å². The van der Waals surface area contributed by atoms with E-state index in [1.165, 1.54) is 36.8 Å². The Morgan fingerprint density at radius 3 is 3.09 bits per heavy atom. The van der Waals surface area contributed by atoms with Gasteiger partial charge in [-0.05, 0) is 50.7 Å². The number of amides is 1. The summed E-state index contributed by atoms with van der Waals surface area (Å²) in [6.07, 6.45) is 10.1. The number of carbonyl (C=O) groups excluding carboxylic acids is 1. The highest BCUT2D eigenvalue weighted by Crippen LogP contribution is 2.19. The van der Waals surface area contributed by atoms with E-state index in [0.717, 1.165) is 23.9 Å². The van der Waals surface area contributed by atoms with E-state index in [-0.39, 0.29) is 12.5 Å². The summed E-state index contributed by atoms with van der Waals surface area (Å²) in [5, 5.41) is 8.40. The van der Waals surface area contributed by atoms with Gasteiger partial charge in [0, 0.05) is 11.9 Å². The SMILES string of the molecule is Cc1ccc2cnn(CC(=O)NCCC3=CCCCC3)c2c1. The molecule has 1 N–H and O–H groups in total. The Balaban J connectivity index is 1.54. The fraction of sp³-hybridized carbons (Fsp3) is 0.444. The van der Waals surface area contributed by atoms with Crippen molar-refractivity contribution < 1.29 is 4.79 Å². The van der Waals surface area contributed by atoms with Gasteiger partial charge in [0.25, 0.3) is 0 Å². The van der Waals surface area contributed by atoms with Gasteiger partial charge in [-0.15, -0.1) is 0 Å². The number of nitrogens with one attached hydrogen (secondary N) is 1. The fourth-order valence-corrected chi connectivity index (χ4v) is 2.99. The van der Waals surface area contributed by atoms with Crippen LogP contribution in [0.25, 0.3) is 10.9 Å². The van der Waals surface area contributed by atoms with Crippen molar-refractivity contribution in [2.75, 3.05) is 6.54 Å². The summed E-state index contributed by atoms with van der Waals surface area (Å²) in [4.78, 5) is 12.1. The van der Waals surface area contributed by atoms with Gasteiger partial charge < -0.3 is 5.32 Å². The molecule has 0 atom stereocenters. The van der Waals surface area contributed by atoms with Crippen LogP contribution < -0.4 is 5.32 Å². The molecule has 2 aromatic rings. The molecule has 0 radical (unpaired) electrons. The molecule has 0 saturated heterocycles. The monoisotopic (exact) mass is 297 g/mol. The van der Waals surface area contributed by atoms with Crippen molar-refractivity contribution >= 4 is 16.8 Å². The first-order chi connectivity index (χ1) is 10.7. The third-order valence-electron chi connectivity index (χ3n) is 4.25. The van der Waals surface area contributed by atoms with E-state index in [9.17, 15) is 4.79 Å². The molecule has 0 unspecified atom stereocenters. The highest BCUT2D eigenvalue weighted by molar-refractivity contribution is 5.82. The molecule has 0 saturated carbocycles. The average molecular weight is 297 g/mol. The molecule has 1 heterocycles. The Labute approximate surface area is 131 Å². The van der Waals surface area contributed by atoms with Crippen LogP contribution in [0.2, 0.25) is 0 Å². The van der Waals surface area contributed by atoms with Crippen LogP contribution in [-0.2, 0) is 11.3 Å². The van der Waals surface area contributed by atoms with Crippen LogP contribution in [0.5, 0.6) is 0 Å². The lowest BCUT2D eigenvalue weighted by molar-refractivity contribution is -0.121. The minimum atomic E-state index is 0.0305. The van der Waals surface area contributed by atoms with Crippen molar-refractivity contribution in [2.24, 2.45) is 0 Å². The first-order valence-corrected chi connectivity index (χ1v) is 8.09. The van der Waals surface area contributed by atoms with E-state index < -0.39 is 0 Å². The second-order valence-corrected chi connectivity index (χ2v) is 6.07. The van der Waals surface area contributed by atoms with Crippen molar-refractivity contribution in [3.63, 3.8) is 0 Å². The van der Waals surface area contributed by atoms with Crippen LogP contribution in [0, 0.1) is 6.92 Å². The van der Waals surface area contributed by atoms with Gasteiger partial charge in [-0.2, -0.15) is 5.10 Å². The zero-order valence-electron chi connectivity index (χ0n) is 13.1. The summed E-state index contributed by atoms with van der Waals surface area (Å²) >= 11 is 0. The van der Waals surface area contributed by atoms with Gasteiger partial charge in [0.05, 0.1) is 11.7 Å². The van der Waals surface area contributed by atoms with Crippen molar-refractivity contribution in [3.05, 3.63) is 41.6 Å². The molecular weight excluding hydrogens is 274 g/mol. The second-order valence-electron chi connectivity index (χ2n) is 6.07. The van der Waals surface area contributed by atoms with Crippen molar-refractivity contribution in [2.45, 2.75) is 45.6 Å². The lowest BCUT2D eigenvalue weighted by Crippen LogP contribution is -2.29. The standard InChI is InChI=1S/C18H23N3O/c1-14-7-8-16-12-20-21(17(16)11-14)13-18(22)19-10-9-15-5-3-2-4-6-15/h5,7-8,11-12H,2-4,6,9-10,13H2,1H3,(H,19,22). The van der Waals surface area contributed by atoms with Crippen molar-refractivity contribution in [3.8, 4) is 0 Å². The van der Waals surface area contributed by atoms with Gasteiger partial charge in [0.15, 0.2) is 0 Å². The molecule has 0 fully saturated rings. The van der Waals surface area contributed by atoms with Crippen LogP contribution in [0.15, 0.2) is 36.0 Å². The van der Waals surface area contributed by atoms with Gasteiger partial charge in [0.1, 0.15) is 6.54 Å². The normalized spacial score (nSPS) is 14.9. The molecule has 1 aromatic carbocycles. The molecule has 0 bridgehead atoms. The molecule has 1 aromatic heterocycles. The van der Waals surface area contributed by atoms with E-state index in [4.69, 9.17) is 0 Å². The first-order valence-electron chi connectivity index (χ1n) is 8.09. The number of aromatic nitrogens is 2. The summed E-state index contributed by atoms with van der Waals surface area (Å²) in [6.45, 7) is 3.06. The first kappa shape index (κ1) is 14.8. The molecule has 0 aliphatic heterocycles. The number of fused-ring (bicyclic) bond motifs is 1. The molecule has 1 aliphatic carbocycles. The minimum Gasteiger partial charge on any atom is -0.354 e. The summed E-state index contributed by atoms with van der Waals surface area (Å²) < 4.78 is 1.78. The third kappa shape index (κ3) is 3.56. The molecule has 4 heteroatoms. The van der Waals surface area contributed by atoms with Gasteiger partial charge in [-0.1, -0.05) is 23.8 Å². The maximum Gasteiger partial charge on any atom is 0.241 e. The van der Waals surface area contributed by atoms with E-state index in [0.29, 0.717) is 0 Å². The zero-order valence-corrected chi connectivity index (χ0v) is 13.1. The van der Waals surface area contributed by atoms with E-state index in [2.05, 4.69) is 35.5 Å². The molecule has 22 heavy (non-hydrogen) atoms. The number of benzene rings is 1. The van der Waals surface area contributed by atoms with E-state index in [1.807, 2.05) is 12.3 Å². The molecule has 116 valence electrons. The van der Waals surface area contributed by atoms with Crippen molar-refractivity contribution in [1.29, 1.82) is 0 Å². The van der Waals surface area contributed by atoms with Crippen LogP contribution in [0.3, 0.4) is 0 Å². The molecule has 3 rings (SSSR count). The number of nitrogens with zero attached hydrogens (tertiary/aromatic N) is 2. The van der Waals surface area contributed by atoms with Crippen LogP contribution in [0.4, 0.5) is 0 Å². The number of aryl methyl sites for hydroxylation is 1. The lowest BCUT2D eigenvalue weighted by atomic mass is 9.97. The highest BCUT2D eigenvalue weighted by Gasteiger charge is 2.08. The van der Waals surface area contributed by atoms with Crippen molar-refractivity contribution in [1.82, 2.24) is 15.1 Å². The zero-order chi connectivity index (χ0) is 15.4. The maximum atomic E-state index is 12.1. The Bertz CT molecular complexity index is 699. The number of allylic oxidation sites excluding steroid dienone is 1. The Morgan fingerprint density at radius 2 is 2.27 bits per heavy atom. The third-order valence-corrected chi connectivity index (χ3v) is 4.25. The molecular formula is C18H23N3O. The second kappa shape index (κ2) is 6.77. The predicted octanol–water partition coefficient (Wildman–Crippen LogP) is 3.35. The van der Waals surface area contributed by atoms with E-state index in [1.54, 1.807) is 4.68 Å². The van der Waals surface area contributed by atoms with Crippen LogP contribution in [0.1, 0.15) is 37.7 Å². The largest absolute Gasteiger partial charge is 0.354 e. The van der Waals surface area contributed by atoms with E-state index >= 15 is 0 Å². The minimum absolute atomic E-state index is 0.0305. The maximum absolute atomic E-state index is 12.1. The predicted molar refractivity (Wildman–Crippen MR) is 88.6 cm³/mol. The quantitative estimate of drug-likeness (QED) is 0.860. The Kier molecular flexibility index (Phi) is 4.56. The lowest BCUT2D eigenvalue weighted by Gasteiger charge is -2.13.